The molecular weight excluding hydrogens is 324 g/mol. The Morgan fingerprint density at radius 2 is 1.81 bits per heavy atom. The molecule has 1 saturated carbocycles. The van der Waals surface area contributed by atoms with Gasteiger partial charge in [0.25, 0.3) is 0 Å². The standard InChI is InChI=1S/C18H27BrN2/c1-16-5-4-6-17(13-16)21-11-9-20(10-12-21)15-18(14-19)7-2-3-8-18/h4-6,13H,2-3,7-12,14-15H2,1H3. The van der Waals surface area contributed by atoms with Crippen LogP contribution in [0.3, 0.4) is 0 Å². The highest BCUT2D eigenvalue weighted by Crippen LogP contribution is 2.40. The minimum Gasteiger partial charge on any atom is -0.369 e. The SMILES string of the molecule is Cc1cccc(N2CCN(CC3(CBr)CCCC3)CC2)c1. The minimum absolute atomic E-state index is 0.561. The van der Waals surface area contributed by atoms with Crippen LogP contribution in [0.15, 0.2) is 24.3 Å². The quantitative estimate of drug-likeness (QED) is 0.755. The van der Waals surface area contributed by atoms with Gasteiger partial charge in [-0.25, -0.2) is 0 Å². The van der Waals surface area contributed by atoms with E-state index in [4.69, 9.17) is 0 Å². The summed E-state index contributed by atoms with van der Waals surface area (Å²) in [6.07, 6.45) is 5.68. The van der Waals surface area contributed by atoms with Crippen LogP contribution in [0.4, 0.5) is 5.69 Å². The number of nitrogens with zero attached hydrogens (tertiary/aromatic N) is 2. The Kier molecular flexibility index (Phi) is 4.90. The van der Waals surface area contributed by atoms with Crippen LogP contribution in [0.1, 0.15) is 31.2 Å². The number of alkyl halides is 1. The van der Waals surface area contributed by atoms with Crippen molar-refractivity contribution in [1.82, 2.24) is 4.90 Å². The van der Waals surface area contributed by atoms with E-state index in [-0.39, 0.29) is 0 Å². The second-order valence-electron chi connectivity index (χ2n) is 6.94. The first-order valence-electron chi connectivity index (χ1n) is 8.31. The summed E-state index contributed by atoms with van der Waals surface area (Å²) in [5.74, 6) is 0. The largest absolute Gasteiger partial charge is 0.369 e. The molecule has 3 rings (SSSR count). The lowest BCUT2D eigenvalue weighted by Gasteiger charge is -2.40. The maximum Gasteiger partial charge on any atom is 0.0369 e. The molecule has 0 bridgehead atoms. The number of piperazine rings is 1. The Bertz CT molecular complexity index is 460. The van der Waals surface area contributed by atoms with E-state index in [9.17, 15) is 0 Å². The van der Waals surface area contributed by atoms with Gasteiger partial charge >= 0.3 is 0 Å². The number of benzene rings is 1. The topological polar surface area (TPSA) is 6.48 Å². The minimum atomic E-state index is 0.561. The number of halogens is 1. The lowest BCUT2D eigenvalue weighted by Crippen LogP contribution is -2.50. The first-order chi connectivity index (χ1) is 10.2. The van der Waals surface area contributed by atoms with E-state index in [1.165, 1.54) is 75.0 Å². The lowest BCUT2D eigenvalue weighted by atomic mass is 9.88. The van der Waals surface area contributed by atoms with Crippen LogP contribution < -0.4 is 4.90 Å². The summed E-state index contributed by atoms with van der Waals surface area (Å²) >= 11 is 3.78. The molecule has 1 aromatic carbocycles. The molecule has 1 aliphatic heterocycles. The molecule has 1 aromatic rings. The molecule has 3 heteroatoms. The maximum atomic E-state index is 3.78. The number of aryl methyl sites for hydroxylation is 1. The fourth-order valence-electron chi connectivity index (χ4n) is 3.92. The summed E-state index contributed by atoms with van der Waals surface area (Å²) in [5, 5.41) is 1.18. The zero-order valence-corrected chi connectivity index (χ0v) is 14.7. The summed E-state index contributed by atoms with van der Waals surface area (Å²) in [4.78, 5) is 5.23. The third kappa shape index (κ3) is 3.62. The molecule has 116 valence electrons. The Morgan fingerprint density at radius 1 is 1.10 bits per heavy atom. The predicted octanol–water partition coefficient (Wildman–Crippen LogP) is 4.07. The third-order valence-electron chi connectivity index (χ3n) is 5.25. The molecule has 0 spiro atoms. The summed E-state index contributed by atoms with van der Waals surface area (Å²) in [6.45, 7) is 8.23. The molecule has 2 fully saturated rings. The van der Waals surface area contributed by atoms with Crippen molar-refractivity contribution in [3.05, 3.63) is 29.8 Å². The molecule has 1 heterocycles. The van der Waals surface area contributed by atoms with Crippen LogP contribution >= 0.6 is 15.9 Å². The number of hydrogen-bond donors (Lipinski definition) is 0. The maximum absolute atomic E-state index is 3.78. The van der Waals surface area contributed by atoms with Crippen molar-refractivity contribution >= 4 is 21.6 Å². The van der Waals surface area contributed by atoms with Gasteiger partial charge in [0.05, 0.1) is 0 Å². The van der Waals surface area contributed by atoms with Gasteiger partial charge in [-0.2, -0.15) is 0 Å². The van der Waals surface area contributed by atoms with Crippen LogP contribution in [0.2, 0.25) is 0 Å². The van der Waals surface area contributed by atoms with E-state index in [1.807, 2.05) is 0 Å². The second kappa shape index (κ2) is 6.70. The van der Waals surface area contributed by atoms with Gasteiger partial charge in [0.15, 0.2) is 0 Å². The number of rotatable bonds is 4. The van der Waals surface area contributed by atoms with Crippen molar-refractivity contribution in [2.75, 3.05) is 43.0 Å². The van der Waals surface area contributed by atoms with Gasteiger partial charge < -0.3 is 4.90 Å². The van der Waals surface area contributed by atoms with E-state index in [1.54, 1.807) is 0 Å². The van der Waals surface area contributed by atoms with E-state index >= 15 is 0 Å². The van der Waals surface area contributed by atoms with Crippen molar-refractivity contribution < 1.29 is 0 Å². The van der Waals surface area contributed by atoms with Gasteiger partial charge in [0.2, 0.25) is 0 Å². The smallest absolute Gasteiger partial charge is 0.0369 e. The highest BCUT2D eigenvalue weighted by Gasteiger charge is 2.35. The molecular formula is C18H27BrN2. The number of hydrogen-bond acceptors (Lipinski definition) is 2. The zero-order chi connectivity index (χ0) is 14.7. The molecule has 2 nitrogen and oxygen atoms in total. The van der Waals surface area contributed by atoms with Crippen LogP contribution in [0.25, 0.3) is 0 Å². The first kappa shape index (κ1) is 15.4. The van der Waals surface area contributed by atoms with E-state index in [2.05, 4.69) is 56.9 Å². The lowest BCUT2D eigenvalue weighted by molar-refractivity contribution is 0.164. The highest BCUT2D eigenvalue weighted by molar-refractivity contribution is 9.09. The molecule has 1 aliphatic carbocycles. The van der Waals surface area contributed by atoms with Crippen molar-refractivity contribution in [2.45, 2.75) is 32.6 Å². The molecule has 2 aliphatic rings. The van der Waals surface area contributed by atoms with Crippen LogP contribution in [-0.4, -0.2) is 43.0 Å². The number of anilines is 1. The van der Waals surface area contributed by atoms with E-state index < -0.39 is 0 Å². The summed E-state index contributed by atoms with van der Waals surface area (Å²) < 4.78 is 0. The molecule has 0 amide bonds. The van der Waals surface area contributed by atoms with Gasteiger partial charge in [-0.3, -0.25) is 4.90 Å². The molecule has 0 radical (unpaired) electrons. The fourth-order valence-corrected chi connectivity index (χ4v) is 4.66. The van der Waals surface area contributed by atoms with Crippen molar-refractivity contribution in [3.63, 3.8) is 0 Å². The normalized spacial score (nSPS) is 22.7. The monoisotopic (exact) mass is 350 g/mol. The molecule has 0 N–H and O–H groups in total. The van der Waals surface area contributed by atoms with Crippen molar-refractivity contribution in [1.29, 1.82) is 0 Å². The Balaban J connectivity index is 1.55. The third-order valence-corrected chi connectivity index (χ3v) is 6.44. The van der Waals surface area contributed by atoms with Gasteiger partial charge in [-0.15, -0.1) is 0 Å². The van der Waals surface area contributed by atoms with Gasteiger partial charge in [0, 0.05) is 43.7 Å². The molecule has 0 aromatic heterocycles. The first-order valence-corrected chi connectivity index (χ1v) is 9.43. The molecule has 0 atom stereocenters. The summed E-state index contributed by atoms with van der Waals surface area (Å²) in [5.41, 5.74) is 3.32. The Hall–Kier alpha value is -0.540. The van der Waals surface area contributed by atoms with E-state index in [0.717, 1.165) is 0 Å². The van der Waals surface area contributed by atoms with Crippen LogP contribution in [-0.2, 0) is 0 Å². The zero-order valence-electron chi connectivity index (χ0n) is 13.2. The van der Waals surface area contributed by atoms with E-state index in [0.29, 0.717) is 5.41 Å². The Morgan fingerprint density at radius 3 is 2.43 bits per heavy atom. The average molecular weight is 351 g/mol. The fraction of sp³-hybridized carbons (Fsp3) is 0.667. The van der Waals surface area contributed by atoms with Crippen LogP contribution in [0, 0.1) is 12.3 Å². The second-order valence-corrected chi connectivity index (χ2v) is 7.50. The summed E-state index contributed by atoms with van der Waals surface area (Å²) in [6, 6.07) is 8.92. The summed E-state index contributed by atoms with van der Waals surface area (Å²) in [7, 11) is 0. The molecule has 1 saturated heterocycles. The van der Waals surface area contributed by atoms with Gasteiger partial charge in [-0.1, -0.05) is 40.9 Å². The van der Waals surface area contributed by atoms with Crippen LogP contribution in [0.5, 0.6) is 0 Å². The van der Waals surface area contributed by atoms with Gasteiger partial charge in [-0.05, 0) is 42.9 Å². The van der Waals surface area contributed by atoms with Gasteiger partial charge in [0.1, 0.15) is 0 Å². The Labute approximate surface area is 137 Å². The molecule has 0 unspecified atom stereocenters. The highest BCUT2D eigenvalue weighted by atomic mass is 79.9. The molecule has 21 heavy (non-hydrogen) atoms. The predicted molar refractivity (Wildman–Crippen MR) is 94.5 cm³/mol. The van der Waals surface area contributed by atoms with Crippen molar-refractivity contribution in [2.24, 2.45) is 5.41 Å². The van der Waals surface area contributed by atoms with Crippen molar-refractivity contribution in [3.8, 4) is 0 Å². The average Bonchev–Trinajstić information content (AvgIpc) is 2.97.